The Morgan fingerprint density at radius 2 is 1.71 bits per heavy atom. The lowest BCUT2D eigenvalue weighted by atomic mass is 9.98. The summed E-state index contributed by atoms with van der Waals surface area (Å²) in [5.74, 6) is 1.02. The molecule has 4 rings (SSSR count). The average Bonchev–Trinajstić information content (AvgIpc) is 3.44. The van der Waals surface area contributed by atoms with Crippen LogP contribution in [-0.4, -0.2) is 34.0 Å². The van der Waals surface area contributed by atoms with Crippen LogP contribution in [0.15, 0.2) is 48.8 Å². The van der Waals surface area contributed by atoms with E-state index in [1.807, 2.05) is 12.1 Å². The first-order valence-electron chi connectivity index (χ1n) is 9.92. The van der Waals surface area contributed by atoms with Crippen molar-refractivity contribution in [1.82, 2.24) is 15.0 Å². The number of H-pyrrole nitrogens is 1. The van der Waals surface area contributed by atoms with E-state index in [1.54, 1.807) is 44.3 Å². The number of benzene rings is 1. The monoisotopic (exact) mass is 429 g/mol. The number of alkyl halides is 3. The zero-order valence-electron chi connectivity index (χ0n) is 17.2. The second kappa shape index (κ2) is 7.51. The number of nitrogens with one attached hydrogen (secondary N) is 1. The van der Waals surface area contributed by atoms with Crippen LogP contribution in [0.3, 0.4) is 0 Å². The first-order chi connectivity index (χ1) is 14.6. The van der Waals surface area contributed by atoms with Gasteiger partial charge in [0, 0.05) is 23.5 Å². The number of ether oxygens (including phenoxy) is 1. The lowest BCUT2D eigenvalue weighted by Crippen LogP contribution is -2.28. The number of carbonyl (C=O) groups is 1. The van der Waals surface area contributed by atoms with Crippen LogP contribution in [0.1, 0.15) is 32.4 Å². The second-order valence-corrected chi connectivity index (χ2v) is 8.58. The van der Waals surface area contributed by atoms with Crippen LogP contribution >= 0.6 is 0 Å². The van der Waals surface area contributed by atoms with Gasteiger partial charge in [-0.1, -0.05) is 0 Å². The quantitative estimate of drug-likeness (QED) is 0.515. The van der Waals surface area contributed by atoms with Gasteiger partial charge in [-0.25, -0.2) is 4.98 Å². The van der Waals surface area contributed by atoms with Gasteiger partial charge in [-0.15, -0.1) is 0 Å². The Balaban J connectivity index is 1.46. The van der Waals surface area contributed by atoms with Crippen LogP contribution < -0.4 is 4.74 Å². The number of rotatable bonds is 7. The van der Waals surface area contributed by atoms with Gasteiger partial charge >= 0.3 is 6.18 Å². The van der Waals surface area contributed by atoms with Crippen molar-refractivity contribution < 1.29 is 22.7 Å². The molecule has 0 spiro atoms. The highest BCUT2D eigenvalue weighted by Gasteiger charge is 2.65. The molecule has 1 aliphatic carbocycles. The SMILES string of the molecule is CC(C)(C=O)COc1ccc(-c2ccc(-c3ncc(C4(C(F)(F)F)CC4)[nH]3)cn2)cc1. The minimum Gasteiger partial charge on any atom is -0.493 e. The molecule has 0 atom stereocenters. The molecule has 0 saturated heterocycles. The first-order valence-corrected chi connectivity index (χ1v) is 9.92. The maximum atomic E-state index is 13.3. The van der Waals surface area contributed by atoms with Gasteiger partial charge in [-0.3, -0.25) is 4.98 Å². The molecular formula is C23H22F3N3O2. The molecule has 162 valence electrons. The Hall–Kier alpha value is -3.16. The summed E-state index contributed by atoms with van der Waals surface area (Å²) in [5.41, 5.74) is -0.0411. The van der Waals surface area contributed by atoms with Crippen LogP contribution in [0.25, 0.3) is 22.6 Å². The molecule has 0 aliphatic heterocycles. The van der Waals surface area contributed by atoms with E-state index in [-0.39, 0.29) is 25.1 Å². The van der Waals surface area contributed by atoms with Gasteiger partial charge in [0.1, 0.15) is 23.3 Å². The Morgan fingerprint density at radius 1 is 1.03 bits per heavy atom. The van der Waals surface area contributed by atoms with E-state index < -0.39 is 17.0 Å². The number of halogens is 3. The fourth-order valence-corrected chi connectivity index (χ4v) is 3.27. The van der Waals surface area contributed by atoms with Crippen LogP contribution in [0.2, 0.25) is 0 Å². The van der Waals surface area contributed by atoms with Crippen molar-refractivity contribution in [3.8, 4) is 28.4 Å². The predicted molar refractivity (Wildman–Crippen MR) is 110 cm³/mol. The molecule has 1 saturated carbocycles. The summed E-state index contributed by atoms with van der Waals surface area (Å²) in [6.45, 7) is 3.88. The molecule has 8 heteroatoms. The molecule has 3 aromatic rings. The van der Waals surface area contributed by atoms with E-state index >= 15 is 0 Å². The normalized spacial score (nSPS) is 15.5. The highest BCUT2D eigenvalue weighted by molar-refractivity contribution is 5.64. The van der Waals surface area contributed by atoms with E-state index in [4.69, 9.17) is 4.74 Å². The number of imidazole rings is 1. The van der Waals surface area contributed by atoms with Crippen LogP contribution in [0.4, 0.5) is 13.2 Å². The molecule has 1 aliphatic rings. The fourth-order valence-electron chi connectivity index (χ4n) is 3.27. The molecule has 0 amide bonds. The molecule has 1 N–H and O–H groups in total. The van der Waals surface area contributed by atoms with Crippen LogP contribution in [-0.2, 0) is 10.2 Å². The summed E-state index contributed by atoms with van der Waals surface area (Å²) >= 11 is 0. The molecule has 2 heterocycles. The van der Waals surface area contributed by atoms with E-state index in [2.05, 4.69) is 15.0 Å². The predicted octanol–water partition coefficient (Wildman–Crippen LogP) is 5.34. The largest absolute Gasteiger partial charge is 0.493 e. The summed E-state index contributed by atoms with van der Waals surface area (Å²) in [4.78, 5) is 22.3. The number of hydrogen-bond acceptors (Lipinski definition) is 4. The van der Waals surface area contributed by atoms with Crippen molar-refractivity contribution in [3.05, 3.63) is 54.5 Å². The Morgan fingerprint density at radius 3 is 2.26 bits per heavy atom. The third-order valence-electron chi connectivity index (χ3n) is 5.50. The van der Waals surface area contributed by atoms with Crippen molar-refractivity contribution >= 4 is 6.29 Å². The van der Waals surface area contributed by atoms with Crippen LogP contribution in [0, 0.1) is 5.41 Å². The molecular weight excluding hydrogens is 407 g/mol. The van der Waals surface area contributed by atoms with E-state index in [0.717, 1.165) is 11.8 Å². The first kappa shape index (κ1) is 21.1. The number of carbonyl (C=O) groups excluding carboxylic acids is 1. The second-order valence-electron chi connectivity index (χ2n) is 8.58. The summed E-state index contributed by atoms with van der Waals surface area (Å²) in [5, 5.41) is 0. The van der Waals surface area contributed by atoms with Gasteiger partial charge in [-0.05, 0) is 63.1 Å². The summed E-state index contributed by atoms with van der Waals surface area (Å²) < 4.78 is 45.6. The van der Waals surface area contributed by atoms with Gasteiger partial charge in [-0.2, -0.15) is 13.2 Å². The van der Waals surface area contributed by atoms with Crippen molar-refractivity contribution in [2.75, 3.05) is 6.61 Å². The maximum Gasteiger partial charge on any atom is 0.399 e. The molecule has 0 radical (unpaired) electrons. The lowest BCUT2D eigenvalue weighted by Gasteiger charge is -2.17. The van der Waals surface area contributed by atoms with Gasteiger partial charge in [0.25, 0.3) is 0 Å². The summed E-state index contributed by atoms with van der Waals surface area (Å²) in [7, 11) is 0. The van der Waals surface area contributed by atoms with Crippen molar-refractivity contribution in [2.24, 2.45) is 5.41 Å². The summed E-state index contributed by atoms with van der Waals surface area (Å²) in [6, 6.07) is 10.9. The standard InChI is InChI=1S/C23H22F3N3O2/c1-21(2,13-30)14-31-17-6-3-15(4-7-17)18-8-5-16(11-27-18)20-28-12-19(29-20)22(9-10-22)23(24,25)26/h3-8,11-13H,9-10,14H2,1-2H3,(H,28,29). The molecule has 31 heavy (non-hydrogen) atoms. The Kier molecular flexibility index (Phi) is 5.11. The third kappa shape index (κ3) is 4.19. The highest BCUT2D eigenvalue weighted by Crippen LogP contribution is 2.58. The Bertz CT molecular complexity index is 1070. The number of pyridine rings is 1. The fraction of sp³-hybridized carbons (Fsp3) is 0.348. The number of aromatic nitrogens is 3. The van der Waals surface area contributed by atoms with Gasteiger partial charge in [0.05, 0.1) is 23.4 Å². The highest BCUT2D eigenvalue weighted by atomic mass is 19.4. The Labute approximate surface area is 177 Å². The average molecular weight is 429 g/mol. The van der Waals surface area contributed by atoms with Gasteiger partial charge in [0.15, 0.2) is 0 Å². The van der Waals surface area contributed by atoms with Crippen LogP contribution in [0.5, 0.6) is 5.75 Å². The summed E-state index contributed by atoms with van der Waals surface area (Å²) in [6.07, 6.45) is -0.389. The van der Waals surface area contributed by atoms with Crippen molar-refractivity contribution in [2.45, 2.75) is 38.3 Å². The zero-order chi connectivity index (χ0) is 22.3. The molecule has 1 fully saturated rings. The smallest absolute Gasteiger partial charge is 0.399 e. The maximum absolute atomic E-state index is 13.3. The molecule has 5 nitrogen and oxygen atoms in total. The number of hydrogen-bond donors (Lipinski definition) is 1. The zero-order valence-corrected chi connectivity index (χ0v) is 17.2. The van der Waals surface area contributed by atoms with E-state index in [1.165, 1.54) is 6.20 Å². The number of aromatic amines is 1. The van der Waals surface area contributed by atoms with Gasteiger partial charge in [0.2, 0.25) is 0 Å². The topological polar surface area (TPSA) is 67.9 Å². The molecule has 1 aromatic carbocycles. The molecule has 2 aromatic heterocycles. The number of aldehydes is 1. The van der Waals surface area contributed by atoms with Gasteiger partial charge < -0.3 is 14.5 Å². The van der Waals surface area contributed by atoms with Crippen molar-refractivity contribution in [3.63, 3.8) is 0 Å². The van der Waals surface area contributed by atoms with Crippen molar-refractivity contribution in [1.29, 1.82) is 0 Å². The van der Waals surface area contributed by atoms with E-state index in [0.29, 0.717) is 22.8 Å². The third-order valence-corrected chi connectivity index (χ3v) is 5.50. The lowest BCUT2D eigenvalue weighted by molar-refractivity contribution is -0.161. The minimum absolute atomic E-state index is 0.0850. The number of nitrogens with zero attached hydrogens (tertiary/aromatic N) is 2. The minimum atomic E-state index is -4.28. The molecule has 0 bridgehead atoms. The molecule has 0 unspecified atom stereocenters. The van der Waals surface area contributed by atoms with E-state index in [9.17, 15) is 18.0 Å².